The fourth-order valence-corrected chi connectivity index (χ4v) is 2.82. The van der Waals surface area contributed by atoms with E-state index < -0.39 is 6.10 Å². The number of benzene rings is 1. The lowest BCUT2D eigenvalue weighted by molar-refractivity contribution is 0.106. The Hall–Kier alpha value is -1.43. The summed E-state index contributed by atoms with van der Waals surface area (Å²) in [5.74, 6) is 0.831. The molecule has 1 heterocycles. The molecular formula is C16H22N2O2S. The minimum Gasteiger partial charge on any atom is -0.491 e. The van der Waals surface area contributed by atoms with Crippen molar-refractivity contribution in [1.29, 1.82) is 0 Å². The normalized spacial score (nSPS) is 12.4. The standard InChI is InChI=1S/C16H22N2O2S/c1-11-4-5-16(12(2)6-11)20-10-14(19)7-17-8-15-9-18-13(3)21-15/h4-6,9,14,17,19H,7-8,10H2,1-3H3. The highest BCUT2D eigenvalue weighted by Gasteiger charge is 2.07. The van der Waals surface area contributed by atoms with E-state index in [0.29, 0.717) is 13.2 Å². The molecule has 0 aliphatic carbocycles. The van der Waals surface area contributed by atoms with Crippen molar-refractivity contribution >= 4 is 11.3 Å². The molecule has 1 aromatic carbocycles. The third-order valence-corrected chi connectivity index (χ3v) is 4.02. The molecule has 5 heteroatoms. The first-order valence-electron chi connectivity index (χ1n) is 7.04. The molecule has 0 bridgehead atoms. The predicted molar refractivity (Wildman–Crippen MR) is 86.0 cm³/mol. The molecule has 0 saturated carbocycles. The van der Waals surface area contributed by atoms with Gasteiger partial charge in [-0.1, -0.05) is 17.7 Å². The van der Waals surface area contributed by atoms with Crippen LogP contribution in [0.5, 0.6) is 5.75 Å². The molecule has 0 aliphatic rings. The van der Waals surface area contributed by atoms with Crippen LogP contribution in [0.1, 0.15) is 21.0 Å². The van der Waals surface area contributed by atoms with E-state index in [0.717, 1.165) is 22.9 Å². The highest BCUT2D eigenvalue weighted by molar-refractivity contribution is 7.11. The van der Waals surface area contributed by atoms with E-state index in [2.05, 4.69) is 23.3 Å². The van der Waals surface area contributed by atoms with Crippen molar-refractivity contribution in [3.8, 4) is 5.75 Å². The molecule has 1 atom stereocenters. The second kappa shape index (κ2) is 7.54. The Labute approximate surface area is 129 Å². The number of nitrogens with one attached hydrogen (secondary N) is 1. The van der Waals surface area contributed by atoms with Crippen LogP contribution < -0.4 is 10.1 Å². The summed E-state index contributed by atoms with van der Waals surface area (Å²) in [4.78, 5) is 5.37. The summed E-state index contributed by atoms with van der Waals surface area (Å²) < 4.78 is 5.66. The van der Waals surface area contributed by atoms with Gasteiger partial charge in [-0.2, -0.15) is 0 Å². The smallest absolute Gasteiger partial charge is 0.122 e. The maximum Gasteiger partial charge on any atom is 0.122 e. The molecule has 0 fully saturated rings. The third-order valence-electron chi connectivity index (χ3n) is 3.11. The lowest BCUT2D eigenvalue weighted by atomic mass is 10.1. The lowest BCUT2D eigenvalue weighted by Crippen LogP contribution is -2.31. The topological polar surface area (TPSA) is 54.4 Å². The third kappa shape index (κ3) is 5.12. The first kappa shape index (κ1) is 15.9. The van der Waals surface area contributed by atoms with Gasteiger partial charge in [0.2, 0.25) is 0 Å². The molecule has 21 heavy (non-hydrogen) atoms. The number of aromatic nitrogens is 1. The molecule has 114 valence electrons. The number of aliphatic hydroxyl groups is 1. The van der Waals surface area contributed by atoms with Crippen LogP contribution in [0.15, 0.2) is 24.4 Å². The summed E-state index contributed by atoms with van der Waals surface area (Å²) >= 11 is 1.67. The molecule has 0 spiro atoms. The molecule has 2 N–H and O–H groups in total. The average Bonchev–Trinajstić information content (AvgIpc) is 2.83. The Balaban J connectivity index is 1.70. The summed E-state index contributed by atoms with van der Waals surface area (Å²) in [6.07, 6.45) is 1.34. The largest absolute Gasteiger partial charge is 0.491 e. The fraction of sp³-hybridized carbons (Fsp3) is 0.438. The molecule has 2 aromatic rings. The number of hydrogen-bond acceptors (Lipinski definition) is 5. The van der Waals surface area contributed by atoms with Crippen molar-refractivity contribution in [3.63, 3.8) is 0 Å². The van der Waals surface area contributed by atoms with Crippen molar-refractivity contribution < 1.29 is 9.84 Å². The van der Waals surface area contributed by atoms with Crippen LogP contribution in [0.3, 0.4) is 0 Å². The van der Waals surface area contributed by atoms with Crippen LogP contribution in [0.2, 0.25) is 0 Å². The zero-order valence-electron chi connectivity index (χ0n) is 12.7. The number of rotatable bonds is 7. The molecule has 2 rings (SSSR count). The predicted octanol–water partition coefficient (Wildman–Crippen LogP) is 2.60. The van der Waals surface area contributed by atoms with E-state index in [1.165, 1.54) is 10.4 Å². The minimum atomic E-state index is -0.528. The van der Waals surface area contributed by atoms with E-state index in [9.17, 15) is 5.11 Å². The number of nitrogens with zero attached hydrogens (tertiary/aromatic N) is 1. The molecular weight excluding hydrogens is 284 g/mol. The zero-order valence-corrected chi connectivity index (χ0v) is 13.5. The van der Waals surface area contributed by atoms with Crippen LogP contribution in [0, 0.1) is 20.8 Å². The lowest BCUT2D eigenvalue weighted by Gasteiger charge is -2.14. The van der Waals surface area contributed by atoms with Gasteiger partial charge in [0, 0.05) is 24.2 Å². The minimum absolute atomic E-state index is 0.290. The van der Waals surface area contributed by atoms with Gasteiger partial charge in [0.15, 0.2) is 0 Å². The van der Waals surface area contributed by atoms with Gasteiger partial charge >= 0.3 is 0 Å². The van der Waals surface area contributed by atoms with Crippen molar-refractivity contribution in [2.45, 2.75) is 33.4 Å². The quantitative estimate of drug-likeness (QED) is 0.825. The molecule has 0 saturated heterocycles. The maximum absolute atomic E-state index is 9.94. The molecule has 0 aliphatic heterocycles. The Morgan fingerprint density at radius 3 is 2.81 bits per heavy atom. The Bertz CT molecular complexity index is 583. The second-order valence-electron chi connectivity index (χ2n) is 5.21. The van der Waals surface area contributed by atoms with Crippen LogP contribution in [0.4, 0.5) is 0 Å². The average molecular weight is 306 g/mol. The number of thiazole rings is 1. The number of aryl methyl sites for hydroxylation is 3. The van der Waals surface area contributed by atoms with Gasteiger partial charge in [0.05, 0.1) is 5.01 Å². The van der Waals surface area contributed by atoms with Crippen LogP contribution in [-0.4, -0.2) is 29.3 Å². The van der Waals surface area contributed by atoms with Crippen molar-refractivity contribution in [2.75, 3.05) is 13.2 Å². The van der Waals surface area contributed by atoms with E-state index in [1.54, 1.807) is 11.3 Å². The van der Waals surface area contributed by atoms with Gasteiger partial charge in [-0.05, 0) is 32.4 Å². The van der Waals surface area contributed by atoms with Crippen molar-refractivity contribution in [1.82, 2.24) is 10.3 Å². The molecule has 1 unspecified atom stereocenters. The van der Waals surface area contributed by atoms with Gasteiger partial charge in [0.25, 0.3) is 0 Å². The van der Waals surface area contributed by atoms with Gasteiger partial charge in [-0.15, -0.1) is 11.3 Å². The first-order valence-corrected chi connectivity index (χ1v) is 7.86. The molecule has 0 radical (unpaired) electrons. The monoisotopic (exact) mass is 306 g/mol. The Kier molecular flexibility index (Phi) is 5.73. The Morgan fingerprint density at radius 1 is 1.33 bits per heavy atom. The maximum atomic E-state index is 9.94. The molecule has 4 nitrogen and oxygen atoms in total. The zero-order chi connectivity index (χ0) is 15.2. The highest BCUT2D eigenvalue weighted by Crippen LogP contribution is 2.18. The van der Waals surface area contributed by atoms with Gasteiger partial charge in [-0.3, -0.25) is 0 Å². The van der Waals surface area contributed by atoms with Crippen molar-refractivity contribution in [2.24, 2.45) is 0 Å². The Morgan fingerprint density at radius 2 is 2.14 bits per heavy atom. The highest BCUT2D eigenvalue weighted by atomic mass is 32.1. The SMILES string of the molecule is Cc1ccc(OCC(O)CNCc2cnc(C)s2)c(C)c1. The van der Waals surface area contributed by atoms with Gasteiger partial charge in [0.1, 0.15) is 18.5 Å². The van der Waals surface area contributed by atoms with Crippen LogP contribution >= 0.6 is 11.3 Å². The molecule has 1 aromatic heterocycles. The summed E-state index contributed by atoms with van der Waals surface area (Å²) in [6, 6.07) is 6.04. The number of hydrogen-bond donors (Lipinski definition) is 2. The fourth-order valence-electron chi connectivity index (χ4n) is 2.06. The van der Waals surface area contributed by atoms with Crippen LogP contribution in [0.25, 0.3) is 0 Å². The van der Waals surface area contributed by atoms with E-state index in [1.807, 2.05) is 32.2 Å². The van der Waals surface area contributed by atoms with Gasteiger partial charge in [-0.25, -0.2) is 4.98 Å². The number of aliphatic hydroxyl groups excluding tert-OH is 1. The van der Waals surface area contributed by atoms with Gasteiger partial charge < -0.3 is 15.2 Å². The summed E-state index contributed by atoms with van der Waals surface area (Å²) in [7, 11) is 0. The molecule has 0 amide bonds. The van der Waals surface area contributed by atoms with Crippen molar-refractivity contribution in [3.05, 3.63) is 45.4 Å². The second-order valence-corrected chi connectivity index (χ2v) is 6.53. The van der Waals surface area contributed by atoms with E-state index >= 15 is 0 Å². The van der Waals surface area contributed by atoms with E-state index in [-0.39, 0.29) is 0 Å². The summed E-state index contributed by atoms with van der Waals surface area (Å²) in [5.41, 5.74) is 2.30. The first-order chi connectivity index (χ1) is 10.0. The van der Waals surface area contributed by atoms with Crippen LogP contribution in [-0.2, 0) is 6.54 Å². The van der Waals surface area contributed by atoms with E-state index in [4.69, 9.17) is 4.74 Å². The summed E-state index contributed by atoms with van der Waals surface area (Å²) in [6.45, 7) is 7.57. The summed E-state index contributed by atoms with van der Waals surface area (Å²) in [5, 5.41) is 14.2. The number of ether oxygens (including phenoxy) is 1.